The van der Waals surface area contributed by atoms with E-state index in [4.69, 9.17) is 0 Å². The van der Waals surface area contributed by atoms with Gasteiger partial charge in [0.25, 0.3) is 0 Å². The van der Waals surface area contributed by atoms with Gasteiger partial charge < -0.3 is 0 Å². The van der Waals surface area contributed by atoms with E-state index in [0.29, 0.717) is 0 Å². The molecular weight excluding hydrogens is 226 g/mol. The fourth-order valence-electron chi connectivity index (χ4n) is 1.94. The standard InChI is InChI=1S/C11H14BrN/c12-10-7-8-13-11-6-4-2-1-3-5-9(10)11/h7-8H,1-6H2. The zero-order chi connectivity index (χ0) is 9.10. The molecular formula is C11H14BrN. The van der Waals surface area contributed by atoms with Crippen LogP contribution < -0.4 is 0 Å². The lowest BCUT2D eigenvalue weighted by atomic mass is 9.97. The molecule has 0 N–H and O–H groups in total. The first-order valence-electron chi connectivity index (χ1n) is 5.00. The van der Waals surface area contributed by atoms with Crippen LogP contribution in [-0.2, 0) is 12.8 Å². The molecule has 1 aliphatic carbocycles. The second-order valence-corrected chi connectivity index (χ2v) is 4.49. The van der Waals surface area contributed by atoms with Crippen LogP contribution in [-0.4, -0.2) is 4.98 Å². The Kier molecular flexibility index (Phi) is 2.99. The summed E-state index contributed by atoms with van der Waals surface area (Å²) in [7, 11) is 0. The van der Waals surface area contributed by atoms with Crippen molar-refractivity contribution in [2.24, 2.45) is 0 Å². The number of hydrogen-bond acceptors (Lipinski definition) is 1. The van der Waals surface area contributed by atoms with Gasteiger partial charge in [0.2, 0.25) is 0 Å². The first-order valence-corrected chi connectivity index (χ1v) is 5.79. The van der Waals surface area contributed by atoms with Crippen LogP contribution in [0.25, 0.3) is 0 Å². The van der Waals surface area contributed by atoms with Crippen LogP contribution in [0.2, 0.25) is 0 Å². The molecule has 1 aliphatic rings. The summed E-state index contributed by atoms with van der Waals surface area (Å²) in [6.07, 6.45) is 9.63. The van der Waals surface area contributed by atoms with E-state index in [2.05, 4.69) is 27.0 Å². The molecule has 0 saturated heterocycles. The zero-order valence-corrected chi connectivity index (χ0v) is 9.31. The Morgan fingerprint density at radius 2 is 1.85 bits per heavy atom. The van der Waals surface area contributed by atoms with Crippen molar-refractivity contribution >= 4 is 15.9 Å². The summed E-state index contributed by atoms with van der Waals surface area (Å²) in [5.74, 6) is 0. The molecule has 70 valence electrons. The molecule has 0 amide bonds. The lowest BCUT2D eigenvalue weighted by Gasteiger charge is -2.13. The molecule has 2 heteroatoms. The molecule has 0 aliphatic heterocycles. The summed E-state index contributed by atoms with van der Waals surface area (Å²) in [6.45, 7) is 0. The smallest absolute Gasteiger partial charge is 0.0446 e. The monoisotopic (exact) mass is 239 g/mol. The Morgan fingerprint density at radius 3 is 2.69 bits per heavy atom. The molecule has 0 unspecified atom stereocenters. The van der Waals surface area contributed by atoms with Crippen LogP contribution in [0.15, 0.2) is 16.7 Å². The van der Waals surface area contributed by atoms with E-state index in [1.807, 2.05) is 6.20 Å². The van der Waals surface area contributed by atoms with Gasteiger partial charge in [-0.05, 0) is 37.3 Å². The quantitative estimate of drug-likeness (QED) is 0.676. The van der Waals surface area contributed by atoms with Crippen LogP contribution in [0.1, 0.15) is 36.9 Å². The van der Waals surface area contributed by atoms with E-state index in [9.17, 15) is 0 Å². The first-order chi connectivity index (χ1) is 6.38. The molecule has 13 heavy (non-hydrogen) atoms. The lowest BCUT2D eigenvalue weighted by molar-refractivity contribution is 0.607. The Balaban J connectivity index is 2.33. The van der Waals surface area contributed by atoms with Gasteiger partial charge in [-0.15, -0.1) is 0 Å². The molecule has 0 radical (unpaired) electrons. The average Bonchev–Trinajstić information content (AvgIpc) is 2.07. The zero-order valence-electron chi connectivity index (χ0n) is 7.72. The highest BCUT2D eigenvalue weighted by Crippen LogP contribution is 2.24. The maximum Gasteiger partial charge on any atom is 0.0446 e. The van der Waals surface area contributed by atoms with Crippen molar-refractivity contribution in [3.05, 3.63) is 28.0 Å². The predicted molar refractivity (Wildman–Crippen MR) is 57.8 cm³/mol. The van der Waals surface area contributed by atoms with Gasteiger partial charge in [0.05, 0.1) is 0 Å². The minimum atomic E-state index is 1.16. The van der Waals surface area contributed by atoms with Crippen LogP contribution in [0.5, 0.6) is 0 Å². The Bertz CT molecular complexity index is 296. The minimum Gasteiger partial charge on any atom is -0.261 e. The van der Waals surface area contributed by atoms with Crippen molar-refractivity contribution in [2.45, 2.75) is 38.5 Å². The largest absolute Gasteiger partial charge is 0.261 e. The van der Waals surface area contributed by atoms with Gasteiger partial charge in [-0.1, -0.05) is 28.8 Å². The second-order valence-electron chi connectivity index (χ2n) is 3.63. The third kappa shape index (κ3) is 2.11. The molecule has 1 heterocycles. The number of aryl methyl sites for hydroxylation is 1. The van der Waals surface area contributed by atoms with E-state index < -0.39 is 0 Å². The third-order valence-corrected chi connectivity index (χ3v) is 3.42. The van der Waals surface area contributed by atoms with Crippen molar-refractivity contribution in [1.82, 2.24) is 4.98 Å². The van der Waals surface area contributed by atoms with Gasteiger partial charge >= 0.3 is 0 Å². The molecule has 2 rings (SSSR count). The number of hydrogen-bond donors (Lipinski definition) is 0. The molecule has 0 spiro atoms. The van der Waals surface area contributed by atoms with E-state index in [1.165, 1.54) is 47.8 Å². The topological polar surface area (TPSA) is 12.9 Å². The van der Waals surface area contributed by atoms with E-state index in [-0.39, 0.29) is 0 Å². The summed E-state index contributed by atoms with van der Waals surface area (Å²) < 4.78 is 1.25. The first kappa shape index (κ1) is 9.20. The Hall–Kier alpha value is -0.370. The lowest BCUT2D eigenvalue weighted by Crippen LogP contribution is -2.02. The molecule has 0 aromatic carbocycles. The summed E-state index contributed by atoms with van der Waals surface area (Å²) >= 11 is 3.60. The van der Waals surface area contributed by atoms with Crippen LogP contribution >= 0.6 is 15.9 Å². The number of aromatic nitrogens is 1. The van der Waals surface area contributed by atoms with Crippen molar-refractivity contribution in [3.8, 4) is 0 Å². The van der Waals surface area contributed by atoms with Crippen molar-refractivity contribution < 1.29 is 0 Å². The number of pyridine rings is 1. The maximum atomic E-state index is 4.45. The average molecular weight is 240 g/mol. The number of nitrogens with zero attached hydrogens (tertiary/aromatic N) is 1. The molecule has 1 aromatic heterocycles. The third-order valence-electron chi connectivity index (χ3n) is 2.68. The van der Waals surface area contributed by atoms with Gasteiger partial charge in [-0.2, -0.15) is 0 Å². The molecule has 0 fully saturated rings. The fourth-order valence-corrected chi connectivity index (χ4v) is 2.48. The Morgan fingerprint density at radius 1 is 1.08 bits per heavy atom. The van der Waals surface area contributed by atoms with Gasteiger partial charge in [-0.25, -0.2) is 0 Å². The number of fused-ring (bicyclic) bond motifs is 1. The van der Waals surface area contributed by atoms with E-state index in [1.54, 1.807) is 0 Å². The van der Waals surface area contributed by atoms with Crippen LogP contribution in [0.3, 0.4) is 0 Å². The van der Waals surface area contributed by atoms with E-state index in [0.717, 1.165) is 6.42 Å². The maximum absolute atomic E-state index is 4.45. The Labute approximate surface area is 87.7 Å². The fraction of sp³-hybridized carbons (Fsp3) is 0.545. The van der Waals surface area contributed by atoms with E-state index >= 15 is 0 Å². The van der Waals surface area contributed by atoms with Crippen molar-refractivity contribution in [3.63, 3.8) is 0 Å². The molecule has 0 bridgehead atoms. The number of rotatable bonds is 0. The summed E-state index contributed by atoms with van der Waals surface area (Å²) in [5, 5.41) is 0. The molecule has 0 atom stereocenters. The molecule has 0 saturated carbocycles. The minimum absolute atomic E-state index is 1.16. The summed E-state index contributed by atoms with van der Waals surface area (Å²) in [5.41, 5.74) is 2.76. The second kappa shape index (κ2) is 4.23. The highest BCUT2D eigenvalue weighted by atomic mass is 79.9. The predicted octanol–water partition coefficient (Wildman–Crippen LogP) is 3.50. The van der Waals surface area contributed by atoms with Crippen molar-refractivity contribution in [2.75, 3.05) is 0 Å². The van der Waals surface area contributed by atoms with Gasteiger partial charge in [-0.3, -0.25) is 4.98 Å². The normalized spacial score (nSPS) is 17.3. The highest BCUT2D eigenvalue weighted by molar-refractivity contribution is 9.10. The van der Waals surface area contributed by atoms with Crippen LogP contribution in [0, 0.1) is 0 Å². The van der Waals surface area contributed by atoms with Crippen LogP contribution in [0.4, 0.5) is 0 Å². The van der Waals surface area contributed by atoms with Gasteiger partial charge in [0.1, 0.15) is 0 Å². The summed E-state index contributed by atoms with van der Waals surface area (Å²) in [4.78, 5) is 4.45. The van der Waals surface area contributed by atoms with Gasteiger partial charge in [0.15, 0.2) is 0 Å². The van der Waals surface area contributed by atoms with Gasteiger partial charge in [0, 0.05) is 16.4 Å². The number of halogens is 1. The van der Waals surface area contributed by atoms with Crippen molar-refractivity contribution in [1.29, 1.82) is 0 Å². The molecule has 1 aromatic rings. The SMILES string of the molecule is Brc1ccnc2c1CCCCCC2. The summed E-state index contributed by atoms with van der Waals surface area (Å²) in [6, 6.07) is 2.06. The highest BCUT2D eigenvalue weighted by Gasteiger charge is 2.10. The molecule has 1 nitrogen and oxygen atoms in total.